The summed E-state index contributed by atoms with van der Waals surface area (Å²) >= 11 is 0. The minimum Gasteiger partial charge on any atom is -0.872 e. The molecule has 6 nitrogen and oxygen atoms in total. The quantitative estimate of drug-likeness (QED) is 0.285. The number of pyridine rings is 2. The summed E-state index contributed by atoms with van der Waals surface area (Å²) in [6.45, 7) is -0.422. The molecule has 4 rings (SSSR count). The Balaban J connectivity index is 0.000000194. The van der Waals surface area contributed by atoms with Crippen LogP contribution in [0, 0.1) is 0 Å². The van der Waals surface area contributed by atoms with Crippen molar-refractivity contribution in [2.75, 3.05) is 6.54 Å². The van der Waals surface area contributed by atoms with Gasteiger partial charge in [-0.3, -0.25) is 15.0 Å². The summed E-state index contributed by atoms with van der Waals surface area (Å²) in [5.41, 5.74) is 2.33. The second-order valence-corrected chi connectivity index (χ2v) is 5.60. The van der Waals surface area contributed by atoms with E-state index in [-0.39, 0.29) is 22.8 Å². The second kappa shape index (κ2) is 10.2. The molecule has 2 heterocycles. The average molecular weight is 421 g/mol. The largest absolute Gasteiger partial charge is 2.00 e. The Morgan fingerprint density at radius 2 is 1.46 bits per heavy atom. The number of nitrogens with zero attached hydrogens (tertiary/aromatic N) is 3. The van der Waals surface area contributed by atoms with Crippen molar-refractivity contribution in [3.8, 4) is 5.75 Å². The molecule has 0 atom stereocenters. The number of carboxylic acid groups (broad SMARTS) is 1. The maximum absolute atomic E-state index is 11.0. The molecule has 0 saturated carbocycles. The average Bonchev–Trinajstić information content (AvgIpc) is 2.70. The summed E-state index contributed by atoms with van der Waals surface area (Å²) in [5.74, 6) is -1.44. The van der Waals surface area contributed by atoms with Crippen LogP contribution in [0.5, 0.6) is 5.75 Å². The van der Waals surface area contributed by atoms with E-state index in [1.807, 2.05) is 12.1 Å². The van der Waals surface area contributed by atoms with Crippen LogP contribution < -0.4 is 10.2 Å². The van der Waals surface area contributed by atoms with E-state index in [1.165, 1.54) is 12.3 Å². The first-order chi connectivity index (χ1) is 13.1. The van der Waals surface area contributed by atoms with Gasteiger partial charge in [0.05, 0.1) is 23.5 Å². The molecule has 0 saturated heterocycles. The molecule has 2 aromatic heterocycles. The fourth-order valence-corrected chi connectivity index (χ4v) is 2.49. The maximum Gasteiger partial charge on any atom is 2.00 e. The topological polar surface area (TPSA) is 101 Å². The summed E-state index contributed by atoms with van der Waals surface area (Å²) < 4.78 is 0. The van der Waals surface area contributed by atoms with Crippen LogP contribution in [0.25, 0.3) is 21.8 Å². The van der Waals surface area contributed by atoms with Gasteiger partial charge >= 0.3 is 17.1 Å². The maximum atomic E-state index is 11.0. The molecule has 0 aliphatic rings. The Morgan fingerprint density at radius 1 is 0.893 bits per heavy atom. The summed E-state index contributed by atoms with van der Waals surface area (Å²) in [6.07, 6.45) is 4.84. The summed E-state index contributed by atoms with van der Waals surface area (Å²) in [4.78, 5) is 22.2. The molecule has 0 aliphatic heterocycles. The van der Waals surface area contributed by atoms with Gasteiger partial charge in [-0.15, -0.1) is 5.75 Å². The van der Waals surface area contributed by atoms with Crippen molar-refractivity contribution in [2.24, 2.45) is 4.99 Å². The van der Waals surface area contributed by atoms with Gasteiger partial charge in [0.25, 0.3) is 0 Å². The van der Waals surface area contributed by atoms with Crippen molar-refractivity contribution in [3.63, 3.8) is 0 Å². The molecule has 28 heavy (non-hydrogen) atoms. The zero-order valence-corrected chi connectivity index (χ0v) is 15.5. The van der Waals surface area contributed by atoms with E-state index in [0.29, 0.717) is 5.56 Å². The zero-order chi connectivity index (χ0) is 19.1. The van der Waals surface area contributed by atoms with Crippen molar-refractivity contribution >= 4 is 34.0 Å². The Labute approximate surface area is 172 Å². The minimum atomic E-state index is -1.26. The molecule has 1 radical (unpaired) electrons. The van der Waals surface area contributed by atoms with Crippen LogP contribution in [-0.4, -0.2) is 28.7 Å². The molecule has 0 bridgehead atoms. The first-order valence-electron chi connectivity index (χ1n) is 8.19. The van der Waals surface area contributed by atoms with Crippen LogP contribution in [0.4, 0.5) is 0 Å². The third-order valence-electron chi connectivity index (χ3n) is 3.71. The fourth-order valence-electron chi connectivity index (χ4n) is 2.49. The summed E-state index contributed by atoms with van der Waals surface area (Å²) in [6, 6.07) is 18.4. The number of aliphatic imine (C=N–C) groups is 1. The number of rotatable bonds is 3. The number of benzene rings is 2. The van der Waals surface area contributed by atoms with Crippen LogP contribution in [0.2, 0.25) is 0 Å². The number of hydrogen-bond acceptors (Lipinski definition) is 6. The van der Waals surface area contributed by atoms with Gasteiger partial charge in [-0.1, -0.05) is 48.5 Å². The number of fused-ring (bicyclic) bond motifs is 3. The number of carbonyl (C=O) groups excluding carboxylic acids is 1. The van der Waals surface area contributed by atoms with Gasteiger partial charge in [0.15, 0.2) is 0 Å². The van der Waals surface area contributed by atoms with Gasteiger partial charge in [0, 0.05) is 29.4 Å². The van der Waals surface area contributed by atoms with E-state index >= 15 is 0 Å². The standard InChI is InChI=1S/C12H8N2.C9H9NO3.Cu/c1-3-9-5-6-10-4-2-8-14-12(10)11(9)13-7-1;11-8-4-2-1-3-7(8)5-10-6-9(12)13;/h1-8H;1-5,11H,6H2,(H,12,13);/q;;+2/p-2. The van der Waals surface area contributed by atoms with Crippen molar-refractivity contribution in [3.05, 3.63) is 78.6 Å². The van der Waals surface area contributed by atoms with E-state index in [9.17, 15) is 15.0 Å². The molecule has 0 aliphatic carbocycles. The van der Waals surface area contributed by atoms with Gasteiger partial charge < -0.3 is 15.0 Å². The molecule has 143 valence electrons. The van der Waals surface area contributed by atoms with Gasteiger partial charge in [0.1, 0.15) is 0 Å². The zero-order valence-electron chi connectivity index (χ0n) is 14.6. The smallest absolute Gasteiger partial charge is 0.872 e. The number of para-hydroxylation sites is 1. The summed E-state index contributed by atoms with van der Waals surface area (Å²) in [5, 5.41) is 23.3. The van der Waals surface area contributed by atoms with Crippen molar-refractivity contribution in [1.29, 1.82) is 0 Å². The number of aromatic nitrogens is 2. The number of carbonyl (C=O) groups is 1. The van der Waals surface area contributed by atoms with Crippen LogP contribution in [0.3, 0.4) is 0 Å². The Hall–Kier alpha value is -3.28. The van der Waals surface area contributed by atoms with Gasteiger partial charge in [-0.2, -0.15) is 0 Å². The third kappa shape index (κ3) is 5.36. The molecule has 7 heteroatoms. The second-order valence-electron chi connectivity index (χ2n) is 5.60. The van der Waals surface area contributed by atoms with Crippen molar-refractivity contribution in [2.45, 2.75) is 0 Å². The molecular weight excluding hydrogens is 406 g/mol. The molecular formula is C21H15CuN3O3. The van der Waals surface area contributed by atoms with E-state index in [0.717, 1.165) is 21.8 Å². The predicted molar refractivity (Wildman–Crippen MR) is 100 cm³/mol. The first kappa shape index (κ1) is 21.0. The van der Waals surface area contributed by atoms with Crippen LogP contribution in [0.1, 0.15) is 5.56 Å². The predicted octanol–water partition coefficient (Wildman–Crippen LogP) is 1.71. The van der Waals surface area contributed by atoms with Crippen LogP contribution in [-0.2, 0) is 21.9 Å². The molecule has 2 aromatic carbocycles. The number of hydrogen-bond donors (Lipinski definition) is 0. The molecule has 0 fully saturated rings. The summed E-state index contributed by atoms with van der Waals surface area (Å²) in [7, 11) is 0. The monoisotopic (exact) mass is 420 g/mol. The fraction of sp³-hybridized carbons (Fsp3) is 0.0476. The molecule has 0 N–H and O–H groups in total. The molecule has 0 amide bonds. The van der Waals surface area contributed by atoms with E-state index in [1.54, 1.807) is 30.6 Å². The van der Waals surface area contributed by atoms with Crippen LogP contribution in [0.15, 0.2) is 78.0 Å². The third-order valence-corrected chi connectivity index (χ3v) is 3.71. The Bertz CT molecular complexity index is 1060. The van der Waals surface area contributed by atoms with Crippen LogP contribution >= 0.6 is 0 Å². The molecule has 0 unspecified atom stereocenters. The van der Waals surface area contributed by atoms with Gasteiger partial charge in [-0.05, 0) is 17.7 Å². The Morgan fingerprint density at radius 3 is 2.00 bits per heavy atom. The number of carboxylic acids is 1. The first-order valence-corrected chi connectivity index (χ1v) is 8.19. The number of aliphatic carboxylic acids is 1. The van der Waals surface area contributed by atoms with E-state index in [4.69, 9.17) is 0 Å². The SMILES string of the molecule is O=C([O-])CN=Cc1ccccc1[O-].[Cu+2].c1cnc2c(c1)ccc1cccnc12. The Kier molecular flexibility index (Phi) is 7.63. The van der Waals surface area contributed by atoms with E-state index < -0.39 is 12.5 Å². The molecule has 0 spiro atoms. The van der Waals surface area contributed by atoms with E-state index in [2.05, 4.69) is 39.2 Å². The molecule has 4 aromatic rings. The minimum absolute atomic E-state index is 0. The van der Waals surface area contributed by atoms with Crippen molar-refractivity contribution < 1.29 is 32.1 Å². The van der Waals surface area contributed by atoms with Crippen molar-refractivity contribution in [1.82, 2.24) is 9.97 Å². The normalized spacial score (nSPS) is 10.3. The van der Waals surface area contributed by atoms with Gasteiger partial charge in [0.2, 0.25) is 0 Å². The van der Waals surface area contributed by atoms with Gasteiger partial charge in [-0.25, -0.2) is 0 Å².